The number of hydrogen-bond acceptors (Lipinski definition) is 9. The van der Waals surface area contributed by atoms with E-state index >= 15 is 0 Å². The third kappa shape index (κ3) is 19.5. The van der Waals surface area contributed by atoms with E-state index in [1.165, 1.54) is 0 Å². The number of nitrogens with one attached hydrogen (secondary N) is 5. The van der Waals surface area contributed by atoms with E-state index in [1.807, 2.05) is 18.2 Å². The van der Waals surface area contributed by atoms with Gasteiger partial charge in [0.1, 0.15) is 29.5 Å². The van der Waals surface area contributed by atoms with Crippen LogP contribution in [-0.4, -0.2) is 59.7 Å². The van der Waals surface area contributed by atoms with Crippen molar-refractivity contribution < 1.29 is 43.0 Å². The third-order valence-electron chi connectivity index (χ3n) is 5.90. The fraction of sp³-hybridized carbons (Fsp3) is 0.576. The van der Waals surface area contributed by atoms with Crippen LogP contribution in [0.25, 0.3) is 0 Å². The number of hydrogen-bond donors (Lipinski definition) is 5. The topological polar surface area (TPSA) is 190 Å². The SMILES string of the molecule is CC(C)=C(NC(=O)CCCC(=O)NNC(=O)OC(C)(C)C)C(=O)N[C@@H](CCCCNC(=O)OC(C)(C)C)C(=O)OCc1ccccc1. The van der Waals surface area contributed by atoms with Crippen molar-refractivity contribution in [3.8, 4) is 0 Å². The summed E-state index contributed by atoms with van der Waals surface area (Å²) in [6.45, 7) is 13.9. The maximum Gasteiger partial charge on any atom is 0.426 e. The Morgan fingerprint density at radius 3 is 1.94 bits per heavy atom. The Balaban J connectivity index is 2.73. The highest BCUT2D eigenvalue weighted by molar-refractivity contribution is 5.99. The number of carbonyl (C=O) groups excluding carboxylic acids is 6. The number of allylic oxidation sites excluding steroid dienone is 1. The van der Waals surface area contributed by atoms with Crippen molar-refractivity contribution in [1.82, 2.24) is 26.8 Å². The average Bonchev–Trinajstić information content (AvgIpc) is 2.95. The van der Waals surface area contributed by atoms with Crippen LogP contribution in [0.2, 0.25) is 0 Å². The summed E-state index contributed by atoms with van der Waals surface area (Å²) in [5.74, 6) is -2.36. The van der Waals surface area contributed by atoms with Crippen LogP contribution in [0.15, 0.2) is 41.6 Å². The van der Waals surface area contributed by atoms with Crippen LogP contribution in [0.4, 0.5) is 9.59 Å². The Morgan fingerprint density at radius 1 is 0.745 bits per heavy atom. The molecule has 0 heterocycles. The fourth-order valence-corrected chi connectivity index (χ4v) is 3.79. The molecule has 0 aliphatic heterocycles. The molecule has 0 bridgehead atoms. The van der Waals surface area contributed by atoms with Crippen LogP contribution in [0.1, 0.15) is 99.5 Å². The van der Waals surface area contributed by atoms with E-state index in [1.54, 1.807) is 67.5 Å². The molecule has 0 aromatic heterocycles. The second kappa shape index (κ2) is 19.8. The summed E-state index contributed by atoms with van der Waals surface area (Å²) in [5.41, 5.74) is 4.22. The van der Waals surface area contributed by atoms with E-state index in [2.05, 4.69) is 26.8 Å². The summed E-state index contributed by atoms with van der Waals surface area (Å²) in [6.07, 6.45) is -0.209. The van der Waals surface area contributed by atoms with Crippen molar-refractivity contribution >= 4 is 35.9 Å². The monoisotopic (exact) mass is 661 g/mol. The number of ether oxygens (including phenoxy) is 3. The minimum Gasteiger partial charge on any atom is -0.459 e. The highest BCUT2D eigenvalue weighted by atomic mass is 16.6. The van der Waals surface area contributed by atoms with Gasteiger partial charge < -0.3 is 30.2 Å². The Labute approximate surface area is 277 Å². The van der Waals surface area contributed by atoms with Gasteiger partial charge in [-0.1, -0.05) is 30.3 Å². The van der Waals surface area contributed by atoms with Gasteiger partial charge in [0.2, 0.25) is 11.8 Å². The van der Waals surface area contributed by atoms with Crippen LogP contribution in [0, 0.1) is 0 Å². The molecule has 0 radical (unpaired) electrons. The Morgan fingerprint density at radius 2 is 1.34 bits per heavy atom. The number of unbranched alkanes of at least 4 members (excludes halogenated alkanes) is 1. The molecule has 1 aromatic carbocycles. The predicted molar refractivity (Wildman–Crippen MR) is 174 cm³/mol. The molecule has 0 saturated heterocycles. The lowest BCUT2D eigenvalue weighted by molar-refractivity contribution is -0.149. The fourth-order valence-electron chi connectivity index (χ4n) is 3.79. The highest BCUT2D eigenvalue weighted by Crippen LogP contribution is 2.11. The number of hydrazine groups is 1. The second-order valence-electron chi connectivity index (χ2n) is 13.0. The number of benzene rings is 1. The molecular formula is C33H51N5O9. The maximum absolute atomic E-state index is 13.3. The van der Waals surface area contributed by atoms with Crippen molar-refractivity contribution in [2.75, 3.05) is 6.54 Å². The molecule has 5 amide bonds. The summed E-state index contributed by atoms with van der Waals surface area (Å²) >= 11 is 0. The van der Waals surface area contributed by atoms with Gasteiger partial charge >= 0.3 is 18.2 Å². The zero-order valence-electron chi connectivity index (χ0n) is 28.8. The smallest absolute Gasteiger partial charge is 0.426 e. The summed E-state index contributed by atoms with van der Waals surface area (Å²) < 4.78 is 15.7. The quantitative estimate of drug-likeness (QED) is 0.0607. The minimum absolute atomic E-state index is 0.0132. The molecule has 1 rings (SSSR count). The lowest BCUT2D eigenvalue weighted by Gasteiger charge is -2.21. The first-order chi connectivity index (χ1) is 21.9. The molecule has 0 unspecified atom stereocenters. The van der Waals surface area contributed by atoms with Gasteiger partial charge in [0.05, 0.1) is 0 Å². The minimum atomic E-state index is -1.03. The van der Waals surface area contributed by atoms with Crippen LogP contribution in [0.3, 0.4) is 0 Å². The zero-order valence-corrected chi connectivity index (χ0v) is 28.8. The zero-order chi connectivity index (χ0) is 35.6. The van der Waals surface area contributed by atoms with Crippen LogP contribution >= 0.6 is 0 Å². The summed E-state index contributed by atoms with van der Waals surface area (Å²) in [6, 6.07) is 8.06. The number of rotatable bonds is 15. The average molecular weight is 662 g/mol. The molecule has 1 atom stereocenters. The van der Waals surface area contributed by atoms with Gasteiger partial charge in [-0.2, -0.15) is 0 Å². The van der Waals surface area contributed by atoms with Gasteiger partial charge in [-0.15, -0.1) is 0 Å². The first kappa shape index (κ1) is 40.4. The Kier molecular flexibility index (Phi) is 17.0. The molecule has 0 aliphatic rings. The normalized spacial score (nSPS) is 11.7. The Bertz CT molecular complexity index is 1250. The third-order valence-corrected chi connectivity index (χ3v) is 5.90. The van der Waals surface area contributed by atoms with Gasteiger partial charge in [-0.25, -0.2) is 19.8 Å². The van der Waals surface area contributed by atoms with E-state index < -0.39 is 53.1 Å². The summed E-state index contributed by atoms with van der Waals surface area (Å²) in [4.78, 5) is 74.6. The highest BCUT2D eigenvalue weighted by Gasteiger charge is 2.25. The van der Waals surface area contributed by atoms with Crippen LogP contribution < -0.4 is 26.8 Å². The number of amides is 5. The molecule has 0 fully saturated rings. The van der Waals surface area contributed by atoms with E-state index in [-0.39, 0.29) is 38.0 Å². The molecule has 0 spiro atoms. The molecule has 14 nitrogen and oxygen atoms in total. The molecule has 5 N–H and O–H groups in total. The van der Waals surface area contributed by atoms with Crippen molar-refractivity contribution in [2.24, 2.45) is 0 Å². The first-order valence-corrected chi connectivity index (χ1v) is 15.6. The number of carbonyl (C=O) groups is 6. The van der Waals surface area contributed by atoms with E-state index in [4.69, 9.17) is 14.2 Å². The molecule has 14 heteroatoms. The molecule has 1 aromatic rings. The van der Waals surface area contributed by atoms with Crippen molar-refractivity contribution in [3.05, 3.63) is 47.2 Å². The van der Waals surface area contributed by atoms with Crippen molar-refractivity contribution in [1.29, 1.82) is 0 Å². The molecule has 0 aliphatic carbocycles. The standard InChI is InChI=1S/C33H51N5O9/c1-22(2)27(36-25(39)18-14-19-26(40)37-38-31(44)47-33(6,7)8)28(41)35-24(29(42)45-21-23-15-10-9-11-16-23)17-12-13-20-34-30(43)46-32(3,4)5/h9-11,15-16,24H,12-14,17-21H2,1-8H3,(H,34,43)(H,35,41)(H,36,39)(H,37,40)(H,38,44)/t24-/m0/s1. The molecule has 262 valence electrons. The lowest BCUT2D eigenvalue weighted by Crippen LogP contribution is -2.45. The van der Waals surface area contributed by atoms with Gasteiger partial charge in [-0.05, 0) is 92.2 Å². The van der Waals surface area contributed by atoms with E-state index in [9.17, 15) is 28.8 Å². The second-order valence-corrected chi connectivity index (χ2v) is 13.0. The van der Waals surface area contributed by atoms with Crippen molar-refractivity contribution in [2.45, 2.75) is 118 Å². The van der Waals surface area contributed by atoms with Gasteiger partial charge in [0.15, 0.2) is 0 Å². The molecule has 0 saturated carbocycles. The lowest BCUT2D eigenvalue weighted by atomic mass is 10.1. The predicted octanol–water partition coefficient (Wildman–Crippen LogP) is 4.05. The Hall–Kier alpha value is -4.62. The summed E-state index contributed by atoms with van der Waals surface area (Å²) in [7, 11) is 0. The maximum atomic E-state index is 13.3. The summed E-state index contributed by atoms with van der Waals surface area (Å²) in [5, 5.41) is 7.90. The molecular weight excluding hydrogens is 610 g/mol. The van der Waals surface area contributed by atoms with Crippen LogP contribution in [-0.2, 0) is 40.0 Å². The number of alkyl carbamates (subject to hydrolysis) is 1. The van der Waals surface area contributed by atoms with E-state index in [0.717, 1.165) is 5.56 Å². The van der Waals surface area contributed by atoms with E-state index in [0.29, 0.717) is 25.0 Å². The van der Waals surface area contributed by atoms with Gasteiger partial charge in [-0.3, -0.25) is 19.8 Å². The van der Waals surface area contributed by atoms with Gasteiger partial charge in [0.25, 0.3) is 5.91 Å². The largest absolute Gasteiger partial charge is 0.459 e. The van der Waals surface area contributed by atoms with Crippen molar-refractivity contribution in [3.63, 3.8) is 0 Å². The van der Waals surface area contributed by atoms with Gasteiger partial charge in [0, 0.05) is 19.4 Å². The number of esters is 1. The molecule has 47 heavy (non-hydrogen) atoms. The first-order valence-electron chi connectivity index (χ1n) is 15.6. The van der Waals surface area contributed by atoms with Crippen LogP contribution in [0.5, 0.6) is 0 Å².